The summed E-state index contributed by atoms with van der Waals surface area (Å²) in [6.45, 7) is 1.62. The normalized spacial score (nSPS) is 20.1. The second-order valence-corrected chi connectivity index (χ2v) is 4.11. The fraction of sp³-hybridized carbons (Fsp3) is 0.222. The largest absolute Gasteiger partial charge is 0.310 e. The first-order valence-electron chi connectivity index (χ1n) is 4.57. The molecule has 1 aromatic rings. The number of halogens is 4. The number of anilines is 1. The van der Waals surface area contributed by atoms with Crippen molar-refractivity contribution in [3.8, 4) is 0 Å². The zero-order chi connectivity index (χ0) is 12.6. The van der Waals surface area contributed by atoms with E-state index in [2.05, 4.69) is 15.0 Å². The Morgan fingerprint density at radius 2 is 2.06 bits per heavy atom. The Bertz CT molecular complexity index is 518. The molecule has 0 saturated heterocycles. The van der Waals surface area contributed by atoms with Crippen molar-refractivity contribution in [1.29, 1.82) is 0 Å². The van der Waals surface area contributed by atoms with Gasteiger partial charge in [0, 0.05) is 6.20 Å². The van der Waals surface area contributed by atoms with Gasteiger partial charge in [-0.1, -0.05) is 23.2 Å². The third kappa shape index (κ3) is 2.37. The Hall–Kier alpha value is -1.27. The fourth-order valence-corrected chi connectivity index (χ4v) is 1.55. The van der Waals surface area contributed by atoms with E-state index in [0.717, 1.165) is 11.1 Å². The predicted octanol–water partition coefficient (Wildman–Crippen LogP) is 2.88. The summed E-state index contributed by atoms with van der Waals surface area (Å²) in [4.78, 5) is 11.1. The maximum atomic E-state index is 13.6. The number of aromatic nitrogens is 2. The minimum absolute atomic E-state index is 0.00739. The molecule has 1 unspecified atom stereocenters. The number of nitrogens with zero attached hydrogens (tertiary/aromatic N) is 4. The summed E-state index contributed by atoms with van der Waals surface area (Å²) in [6.07, 6.45) is 0.413. The van der Waals surface area contributed by atoms with Crippen molar-refractivity contribution in [2.75, 3.05) is 4.90 Å². The van der Waals surface area contributed by atoms with Crippen LogP contribution in [0, 0.1) is 6.08 Å². The van der Waals surface area contributed by atoms with Crippen LogP contribution in [0.5, 0.6) is 0 Å². The molecule has 8 heteroatoms. The number of hydrogen-bond donors (Lipinski definition) is 0. The van der Waals surface area contributed by atoms with E-state index in [0.29, 0.717) is 5.03 Å². The summed E-state index contributed by atoms with van der Waals surface area (Å²) < 4.78 is 26.5. The van der Waals surface area contributed by atoms with E-state index >= 15 is 0 Å². The number of rotatable bonds is 1. The minimum Gasteiger partial charge on any atom is -0.259 e. The molecule has 2 rings (SSSR count). The molecule has 0 N–H and O–H groups in total. The van der Waals surface area contributed by atoms with Gasteiger partial charge >= 0.3 is 6.08 Å². The van der Waals surface area contributed by atoms with E-state index in [4.69, 9.17) is 23.2 Å². The molecule has 1 aliphatic heterocycles. The van der Waals surface area contributed by atoms with E-state index in [1.54, 1.807) is 6.92 Å². The molecule has 0 aliphatic carbocycles. The van der Waals surface area contributed by atoms with Gasteiger partial charge in [-0.2, -0.15) is 13.8 Å². The van der Waals surface area contributed by atoms with Crippen LogP contribution in [0.1, 0.15) is 6.92 Å². The SMILES string of the molecule is CC1N=C(F)N(c2nc(F)ncc2Cl)C=C1Cl. The molecule has 1 aromatic heterocycles. The van der Waals surface area contributed by atoms with Crippen molar-refractivity contribution in [3.05, 3.63) is 28.5 Å². The van der Waals surface area contributed by atoms with E-state index in [1.807, 2.05) is 0 Å². The third-order valence-corrected chi connectivity index (χ3v) is 2.75. The average Bonchev–Trinajstić information content (AvgIpc) is 2.27. The summed E-state index contributed by atoms with van der Waals surface area (Å²) in [5.41, 5.74) is 0. The van der Waals surface area contributed by atoms with Crippen molar-refractivity contribution < 1.29 is 8.78 Å². The molecule has 2 heterocycles. The van der Waals surface area contributed by atoms with Crippen LogP contribution < -0.4 is 4.90 Å². The van der Waals surface area contributed by atoms with E-state index in [-0.39, 0.29) is 10.8 Å². The Morgan fingerprint density at radius 3 is 2.76 bits per heavy atom. The molecule has 0 amide bonds. The predicted molar refractivity (Wildman–Crippen MR) is 61.4 cm³/mol. The number of amidine groups is 1. The summed E-state index contributed by atoms with van der Waals surface area (Å²) in [7, 11) is 0. The molecule has 0 aromatic carbocycles. The molecule has 1 atom stereocenters. The summed E-state index contributed by atoms with van der Waals surface area (Å²) in [6, 6.07) is -0.488. The van der Waals surface area contributed by atoms with Crippen molar-refractivity contribution >= 4 is 35.1 Å². The van der Waals surface area contributed by atoms with E-state index in [9.17, 15) is 8.78 Å². The van der Waals surface area contributed by atoms with Gasteiger partial charge in [-0.05, 0) is 6.92 Å². The molecule has 0 spiro atoms. The zero-order valence-electron chi connectivity index (χ0n) is 8.53. The Kier molecular flexibility index (Phi) is 3.26. The first kappa shape index (κ1) is 12.2. The van der Waals surface area contributed by atoms with Crippen molar-refractivity contribution in [3.63, 3.8) is 0 Å². The average molecular weight is 279 g/mol. The van der Waals surface area contributed by atoms with Crippen LogP contribution in [0.2, 0.25) is 5.02 Å². The Morgan fingerprint density at radius 1 is 1.35 bits per heavy atom. The van der Waals surface area contributed by atoms with Gasteiger partial charge < -0.3 is 0 Å². The molecule has 0 bridgehead atoms. The van der Waals surface area contributed by atoms with Gasteiger partial charge in [-0.3, -0.25) is 4.90 Å². The lowest BCUT2D eigenvalue weighted by molar-refractivity contribution is 0.539. The molecule has 90 valence electrons. The van der Waals surface area contributed by atoms with Crippen molar-refractivity contribution in [1.82, 2.24) is 9.97 Å². The zero-order valence-corrected chi connectivity index (χ0v) is 10.0. The molecule has 4 nitrogen and oxygen atoms in total. The monoisotopic (exact) mass is 278 g/mol. The quantitative estimate of drug-likeness (QED) is 0.586. The Labute approximate surface area is 106 Å². The van der Waals surface area contributed by atoms with Crippen LogP contribution in [0.15, 0.2) is 22.4 Å². The number of hydrogen-bond acceptors (Lipinski definition) is 4. The van der Waals surface area contributed by atoms with Crippen LogP contribution in [-0.4, -0.2) is 22.1 Å². The van der Waals surface area contributed by atoms with Crippen LogP contribution in [0.3, 0.4) is 0 Å². The third-order valence-electron chi connectivity index (χ3n) is 2.07. The fourth-order valence-electron chi connectivity index (χ4n) is 1.22. The van der Waals surface area contributed by atoms with Crippen molar-refractivity contribution in [2.24, 2.45) is 4.99 Å². The molecule has 17 heavy (non-hydrogen) atoms. The molecule has 0 saturated carbocycles. The number of aliphatic imine (C=N–C) groups is 1. The standard InChI is InChI=1S/C9H6Cl2F2N4/c1-4-6(11)3-17(9(13)15-4)7-5(10)2-14-8(12)16-7/h2-4H,1H3. The van der Waals surface area contributed by atoms with Gasteiger partial charge in [-0.15, -0.1) is 0 Å². The highest BCUT2D eigenvalue weighted by molar-refractivity contribution is 6.34. The molecule has 0 radical (unpaired) electrons. The van der Waals surface area contributed by atoms with E-state index < -0.39 is 18.2 Å². The van der Waals surface area contributed by atoms with Gasteiger partial charge in [-0.25, -0.2) is 9.98 Å². The highest BCUT2D eigenvalue weighted by Crippen LogP contribution is 2.28. The Balaban J connectivity index is 2.47. The lowest BCUT2D eigenvalue weighted by atomic mass is 10.3. The second kappa shape index (κ2) is 4.54. The van der Waals surface area contributed by atoms with Gasteiger partial charge in [0.15, 0.2) is 5.82 Å². The van der Waals surface area contributed by atoms with Crippen molar-refractivity contribution in [2.45, 2.75) is 13.0 Å². The maximum Gasteiger partial charge on any atom is 0.310 e. The van der Waals surface area contributed by atoms with Gasteiger partial charge in [0.25, 0.3) is 6.09 Å². The topological polar surface area (TPSA) is 41.4 Å². The van der Waals surface area contributed by atoms with Gasteiger partial charge in [0.05, 0.1) is 17.3 Å². The first-order valence-corrected chi connectivity index (χ1v) is 5.32. The van der Waals surface area contributed by atoms with Crippen LogP contribution in [0.4, 0.5) is 14.6 Å². The summed E-state index contributed by atoms with van der Waals surface area (Å²) in [5, 5.41) is 0.286. The lowest BCUT2D eigenvalue weighted by Crippen LogP contribution is -2.29. The second-order valence-electron chi connectivity index (χ2n) is 3.27. The highest BCUT2D eigenvalue weighted by Gasteiger charge is 2.24. The van der Waals surface area contributed by atoms with Gasteiger partial charge in [0.2, 0.25) is 0 Å². The molecule has 1 aliphatic rings. The smallest absolute Gasteiger partial charge is 0.259 e. The molecular formula is C9H6Cl2F2N4. The van der Waals surface area contributed by atoms with Crippen LogP contribution in [0.25, 0.3) is 0 Å². The molecule has 0 fully saturated rings. The first-order chi connectivity index (χ1) is 7.99. The van der Waals surface area contributed by atoms with Crippen LogP contribution >= 0.6 is 23.2 Å². The summed E-state index contributed by atoms with van der Waals surface area (Å²) in [5.74, 6) is -0.148. The minimum atomic E-state index is -1.01. The van der Waals surface area contributed by atoms with Crippen LogP contribution in [-0.2, 0) is 0 Å². The maximum absolute atomic E-state index is 13.6. The molecular weight excluding hydrogens is 273 g/mol. The van der Waals surface area contributed by atoms with E-state index in [1.165, 1.54) is 6.20 Å². The lowest BCUT2D eigenvalue weighted by Gasteiger charge is -2.22. The summed E-state index contributed by atoms with van der Waals surface area (Å²) >= 11 is 11.6. The van der Waals surface area contributed by atoms with Gasteiger partial charge in [0.1, 0.15) is 5.02 Å². The highest BCUT2D eigenvalue weighted by atomic mass is 35.5.